The lowest BCUT2D eigenvalue weighted by atomic mass is 10.0. The molecule has 0 fully saturated rings. The first-order valence-electron chi connectivity index (χ1n) is 18.0. The van der Waals surface area contributed by atoms with E-state index in [1.165, 1.54) is 135 Å². The molecule has 0 saturated carbocycles. The smallest absolute Gasteiger partial charge is 0.249 e. The SMILES string of the molecule is CCCCCCCCCCCCC/C=C/[C@@H](O)[C@H](CO)NC(=O)C(O)CCCCCCCCCCCCCCCC. The van der Waals surface area contributed by atoms with Crippen molar-refractivity contribution in [2.45, 2.75) is 205 Å². The van der Waals surface area contributed by atoms with Crippen molar-refractivity contribution in [2.75, 3.05) is 6.61 Å². The standard InChI is InChI=1S/C36H71NO4/c1-3-5-7-9-11-13-15-17-19-21-23-25-27-29-31-35(40)36(41)37-33(32-38)34(39)30-28-26-24-22-20-18-16-14-12-10-8-6-4-2/h28,30,33-35,38-40H,3-27,29,31-32H2,1-2H3,(H,37,41)/b30-28+/t33-,34+,35?/m0/s1. The summed E-state index contributed by atoms with van der Waals surface area (Å²) < 4.78 is 0. The molecule has 5 heteroatoms. The van der Waals surface area contributed by atoms with E-state index in [-0.39, 0.29) is 6.61 Å². The number of aliphatic hydroxyl groups excluding tert-OH is 3. The van der Waals surface area contributed by atoms with Gasteiger partial charge in [-0.1, -0.05) is 180 Å². The van der Waals surface area contributed by atoms with Crippen LogP contribution in [0.4, 0.5) is 0 Å². The Kier molecular flexibility index (Phi) is 31.3. The van der Waals surface area contributed by atoms with Gasteiger partial charge < -0.3 is 20.6 Å². The lowest BCUT2D eigenvalue weighted by Crippen LogP contribution is -2.48. The highest BCUT2D eigenvalue weighted by Crippen LogP contribution is 2.15. The highest BCUT2D eigenvalue weighted by molar-refractivity contribution is 5.80. The van der Waals surface area contributed by atoms with Gasteiger partial charge in [0.05, 0.1) is 18.8 Å². The summed E-state index contributed by atoms with van der Waals surface area (Å²) in [5, 5.41) is 32.9. The normalized spacial score (nSPS) is 14.0. The summed E-state index contributed by atoms with van der Waals surface area (Å²) in [6.45, 7) is 4.16. The number of carbonyl (C=O) groups excluding carboxylic acids is 1. The fourth-order valence-corrected chi connectivity index (χ4v) is 5.48. The molecule has 41 heavy (non-hydrogen) atoms. The van der Waals surface area contributed by atoms with E-state index in [2.05, 4.69) is 19.2 Å². The largest absolute Gasteiger partial charge is 0.394 e. The summed E-state index contributed by atoms with van der Waals surface area (Å²) in [4.78, 5) is 12.4. The van der Waals surface area contributed by atoms with Crippen LogP contribution >= 0.6 is 0 Å². The highest BCUT2D eigenvalue weighted by atomic mass is 16.3. The first kappa shape index (κ1) is 40.1. The van der Waals surface area contributed by atoms with Gasteiger partial charge in [-0.05, 0) is 19.3 Å². The van der Waals surface area contributed by atoms with Gasteiger partial charge in [0, 0.05) is 0 Å². The van der Waals surface area contributed by atoms with Crippen molar-refractivity contribution < 1.29 is 20.1 Å². The van der Waals surface area contributed by atoms with Crippen LogP contribution in [0.25, 0.3) is 0 Å². The summed E-state index contributed by atoms with van der Waals surface area (Å²) in [7, 11) is 0. The fraction of sp³-hybridized carbons (Fsp3) is 0.917. The zero-order valence-corrected chi connectivity index (χ0v) is 27.4. The summed E-state index contributed by atoms with van der Waals surface area (Å²) in [6.07, 6.45) is 35.0. The Morgan fingerprint density at radius 1 is 0.585 bits per heavy atom. The van der Waals surface area contributed by atoms with Crippen molar-refractivity contribution in [1.29, 1.82) is 0 Å². The number of carbonyl (C=O) groups is 1. The van der Waals surface area contributed by atoms with Crippen LogP contribution in [0.5, 0.6) is 0 Å². The van der Waals surface area contributed by atoms with Gasteiger partial charge in [0.2, 0.25) is 5.91 Å². The second kappa shape index (κ2) is 32.0. The molecule has 244 valence electrons. The third-order valence-corrected chi connectivity index (χ3v) is 8.38. The zero-order chi connectivity index (χ0) is 30.2. The summed E-state index contributed by atoms with van der Waals surface area (Å²) >= 11 is 0. The average molecular weight is 582 g/mol. The molecule has 1 unspecified atom stereocenters. The van der Waals surface area contributed by atoms with E-state index >= 15 is 0 Å². The molecule has 0 aliphatic rings. The predicted molar refractivity (Wildman–Crippen MR) is 176 cm³/mol. The third kappa shape index (κ3) is 27.7. The number of aliphatic hydroxyl groups is 3. The van der Waals surface area contributed by atoms with Crippen molar-refractivity contribution in [3.05, 3.63) is 12.2 Å². The first-order chi connectivity index (χ1) is 20.1. The van der Waals surface area contributed by atoms with Gasteiger partial charge in [0.1, 0.15) is 6.10 Å². The van der Waals surface area contributed by atoms with Crippen LogP contribution in [-0.4, -0.2) is 46.1 Å². The topological polar surface area (TPSA) is 89.8 Å². The number of unbranched alkanes of at least 4 members (excludes halogenated alkanes) is 24. The Morgan fingerprint density at radius 2 is 0.951 bits per heavy atom. The lowest BCUT2D eigenvalue weighted by Gasteiger charge is -2.21. The molecule has 1 amide bonds. The molecule has 0 rings (SSSR count). The van der Waals surface area contributed by atoms with Gasteiger partial charge in [0.25, 0.3) is 0 Å². The van der Waals surface area contributed by atoms with Crippen LogP contribution in [0, 0.1) is 0 Å². The maximum Gasteiger partial charge on any atom is 0.249 e. The maximum absolute atomic E-state index is 12.4. The van der Waals surface area contributed by atoms with E-state index in [0.717, 1.165) is 32.1 Å². The summed E-state index contributed by atoms with van der Waals surface area (Å²) in [5.41, 5.74) is 0. The molecule has 0 bridgehead atoms. The van der Waals surface area contributed by atoms with Gasteiger partial charge >= 0.3 is 0 Å². The van der Waals surface area contributed by atoms with Crippen LogP contribution < -0.4 is 5.32 Å². The van der Waals surface area contributed by atoms with E-state index in [9.17, 15) is 20.1 Å². The first-order valence-corrected chi connectivity index (χ1v) is 18.0. The molecular weight excluding hydrogens is 510 g/mol. The molecule has 0 aromatic carbocycles. The quantitative estimate of drug-likeness (QED) is 0.0471. The van der Waals surface area contributed by atoms with E-state index in [1.54, 1.807) is 6.08 Å². The van der Waals surface area contributed by atoms with Crippen molar-refractivity contribution in [3.8, 4) is 0 Å². The Hall–Kier alpha value is -0.910. The summed E-state index contributed by atoms with van der Waals surface area (Å²) in [5.74, 6) is -0.503. The molecule has 0 aromatic heterocycles. The molecule has 0 spiro atoms. The number of amides is 1. The Labute approximate surface area is 255 Å². The lowest BCUT2D eigenvalue weighted by molar-refractivity contribution is -0.131. The Bertz CT molecular complexity index is 568. The third-order valence-electron chi connectivity index (χ3n) is 8.38. The number of hydrogen-bond acceptors (Lipinski definition) is 4. The number of hydrogen-bond donors (Lipinski definition) is 4. The molecule has 0 aliphatic carbocycles. The van der Waals surface area contributed by atoms with E-state index in [4.69, 9.17) is 0 Å². The highest BCUT2D eigenvalue weighted by Gasteiger charge is 2.22. The second-order valence-corrected chi connectivity index (χ2v) is 12.4. The van der Waals surface area contributed by atoms with Crippen LogP contribution in [0.2, 0.25) is 0 Å². The predicted octanol–water partition coefficient (Wildman–Crippen LogP) is 9.31. The van der Waals surface area contributed by atoms with E-state index in [1.807, 2.05) is 6.08 Å². The minimum atomic E-state index is -1.09. The molecule has 0 aromatic rings. The Morgan fingerprint density at radius 3 is 1.34 bits per heavy atom. The Balaban J connectivity index is 3.74. The molecule has 0 saturated heterocycles. The van der Waals surface area contributed by atoms with Crippen molar-refractivity contribution in [1.82, 2.24) is 5.32 Å². The van der Waals surface area contributed by atoms with Crippen LogP contribution in [0.1, 0.15) is 187 Å². The molecule has 0 radical (unpaired) electrons. The minimum Gasteiger partial charge on any atom is -0.394 e. The van der Waals surface area contributed by atoms with Gasteiger partial charge in [-0.2, -0.15) is 0 Å². The number of allylic oxidation sites excluding steroid dienone is 1. The second-order valence-electron chi connectivity index (χ2n) is 12.4. The molecular formula is C36H71NO4. The van der Waals surface area contributed by atoms with Crippen molar-refractivity contribution >= 4 is 5.91 Å². The molecule has 5 nitrogen and oxygen atoms in total. The molecule has 0 aliphatic heterocycles. The maximum atomic E-state index is 12.4. The van der Waals surface area contributed by atoms with E-state index < -0.39 is 24.2 Å². The molecule has 3 atom stereocenters. The van der Waals surface area contributed by atoms with E-state index in [0.29, 0.717) is 6.42 Å². The number of rotatable bonds is 32. The van der Waals surface area contributed by atoms with Crippen molar-refractivity contribution in [3.63, 3.8) is 0 Å². The van der Waals surface area contributed by atoms with Gasteiger partial charge in [-0.15, -0.1) is 0 Å². The fourth-order valence-electron chi connectivity index (χ4n) is 5.48. The van der Waals surface area contributed by atoms with Crippen molar-refractivity contribution in [2.24, 2.45) is 0 Å². The van der Waals surface area contributed by atoms with Gasteiger partial charge in [-0.3, -0.25) is 4.79 Å². The molecule has 0 heterocycles. The summed E-state index contributed by atoms with van der Waals surface area (Å²) in [6, 6.07) is -0.790. The van der Waals surface area contributed by atoms with Gasteiger partial charge in [-0.25, -0.2) is 0 Å². The van der Waals surface area contributed by atoms with Crippen LogP contribution in [-0.2, 0) is 4.79 Å². The number of nitrogens with one attached hydrogen (secondary N) is 1. The average Bonchev–Trinajstić information content (AvgIpc) is 2.98. The monoisotopic (exact) mass is 582 g/mol. The zero-order valence-electron chi connectivity index (χ0n) is 27.4. The minimum absolute atomic E-state index is 0.360. The molecule has 4 N–H and O–H groups in total. The van der Waals surface area contributed by atoms with Crippen LogP contribution in [0.3, 0.4) is 0 Å². The van der Waals surface area contributed by atoms with Gasteiger partial charge in [0.15, 0.2) is 0 Å². The van der Waals surface area contributed by atoms with Crippen LogP contribution in [0.15, 0.2) is 12.2 Å².